The van der Waals surface area contributed by atoms with Crippen molar-refractivity contribution in [1.29, 1.82) is 0 Å². The highest BCUT2D eigenvalue weighted by Gasteiger charge is 2.20. The maximum Gasteiger partial charge on any atom is 0.261 e. The monoisotopic (exact) mass is 277 g/mol. The molecule has 1 aromatic heterocycles. The zero-order chi connectivity index (χ0) is 10.8. The molecule has 1 aromatic rings. The van der Waals surface area contributed by atoms with Crippen molar-refractivity contribution >= 4 is 33.2 Å². The lowest BCUT2D eigenvalue weighted by Crippen LogP contribution is -2.46. The van der Waals surface area contributed by atoms with E-state index in [9.17, 15) is 4.79 Å². The number of thiophene rings is 1. The van der Waals surface area contributed by atoms with Crippen LogP contribution in [0.5, 0.6) is 0 Å². The Hall–Kier alpha value is -0.390. The molecule has 0 saturated carbocycles. The molecule has 0 radical (unpaired) electrons. The Morgan fingerprint density at radius 2 is 2.29 bits per heavy atom. The van der Waals surface area contributed by atoms with Gasteiger partial charge in [-0.1, -0.05) is 0 Å². The third-order valence-electron chi connectivity index (χ3n) is 1.64. The fourth-order valence-electron chi connectivity index (χ4n) is 0.845. The van der Waals surface area contributed by atoms with E-state index in [1.807, 2.05) is 6.07 Å². The number of aliphatic hydroxyl groups is 1. The predicted molar refractivity (Wildman–Crippen MR) is 60.7 cm³/mol. The van der Waals surface area contributed by atoms with Gasteiger partial charge in [-0.3, -0.25) is 4.79 Å². The van der Waals surface area contributed by atoms with Gasteiger partial charge in [0.25, 0.3) is 5.91 Å². The Morgan fingerprint density at radius 1 is 1.64 bits per heavy atom. The molecule has 0 aromatic carbocycles. The molecule has 1 amide bonds. The Balaban J connectivity index is 2.68. The van der Waals surface area contributed by atoms with Gasteiger partial charge in [0, 0.05) is 0 Å². The summed E-state index contributed by atoms with van der Waals surface area (Å²) in [4.78, 5) is 12.2. The first kappa shape index (κ1) is 11.7. The van der Waals surface area contributed by atoms with Crippen LogP contribution in [0.1, 0.15) is 23.5 Å². The lowest BCUT2D eigenvalue weighted by molar-refractivity contribution is 0.0873. The standard InChI is InChI=1S/C9H12BrNO2S/c1-9(2,5-12)11-8(13)6-3-4-7(10)14-6/h3-4,12H,5H2,1-2H3,(H,11,13). The molecule has 14 heavy (non-hydrogen) atoms. The molecule has 78 valence electrons. The topological polar surface area (TPSA) is 49.3 Å². The molecule has 0 aliphatic rings. The van der Waals surface area contributed by atoms with Crippen LogP contribution in [0.25, 0.3) is 0 Å². The van der Waals surface area contributed by atoms with Crippen molar-refractivity contribution < 1.29 is 9.90 Å². The summed E-state index contributed by atoms with van der Waals surface area (Å²) in [5.74, 6) is -0.153. The average molecular weight is 278 g/mol. The van der Waals surface area contributed by atoms with E-state index in [0.29, 0.717) is 4.88 Å². The quantitative estimate of drug-likeness (QED) is 0.888. The van der Waals surface area contributed by atoms with Crippen molar-refractivity contribution in [3.63, 3.8) is 0 Å². The minimum Gasteiger partial charge on any atom is -0.394 e. The molecule has 0 aliphatic heterocycles. The van der Waals surface area contributed by atoms with Crippen molar-refractivity contribution in [2.45, 2.75) is 19.4 Å². The van der Waals surface area contributed by atoms with Gasteiger partial charge < -0.3 is 10.4 Å². The molecule has 0 atom stereocenters. The fourth-order valence-corrected chi connectivity index (χ4v) is 2.13. The average Bonchev–Trinajstić information content (AvgIpc) is 2.51. The van der Waals surface area contributed by atoms with Crippen molar-refractivity contribution in [1.82, 2.24) is 5.32 Å². The Morgan fingerprint density at radius 3 is 2.71 bits per heavy atom. The lowest BCUT2D eigenvalue weighted by Gasteiger charge is -2.22. The number of amides is 1. The first-order valence-corrected chi connectivity index (χ1v) is 5.74. The Bertz CT molecular complexity index is 335. The van der Waals surface area contributed by atoms with Gasteiger partial charge in [0.05, 0.1) is 20.8 Å². The second-order valence-electron chi connectivity index (χ2n) is 3.60. The van der Waals surface area contributed by atoms with E-state index >= 15 is 0 Å². The van der Waals surface area contributed by atoms with Crippen LogP contribution in [-0.2, 0) is 0 Å². The third-order valence-corrected chi connectivity index (χ3v) is 3.27. The molecule has 0 spiro atoms. The second kappa shape index (κ2) is 4.42. The summed E-state index contributed by atoms with van der Waals surface area (Å²) < 4.78 is 0.921. The van der Waals surface area contributed by atoms with Crippen molar-refractivity contribution in [3.05, 3.63) is 20.8 Å². The van der Waals surface area contributed by atoms with E-state index in [0.717, 1.165) is 3.79 Å². The summed E-state index contributed by atoms with van der Waals surface area (Å²) in [5, 5.41) is 11.7. The van der Waals surface area contributed by atoms with Crippen LogP contribution in [0, 0.1) is 0 Å². The SMILES string of the molecule is CC(C)(CO)NC(=O)c1ccc(Br)s1. The van der Waals surface area contributed by atoms with Gasteiger partial charge in [0.1, 0.15) is 0 Å². The smallest absolute Gasteiger partial charge is 0.261 e. The summed E-state index contributed by atoms with van der Waals surface area (Å²) in [6.45, 7) is 3.46. The van der Waals surface area contributed by atoms with Crippen LogP contribution in [0.4, 0.5) is 0 Å². The Kier molecular flexibility index (Phi) is 3.69. The summed E-state index contributed by atoms with van der Waals surface area (Å²) in [6, 6.07) is 3.57. The highest BCUT2D eigenvalue weighted by molar-refractivity contribution is 9.11. The van der Waals surface area contributed by atoms with E-state index in [1.54, 1.807) is 19.9 Å². The molecular weight excluding hydrogens is 266 g/mol. The molecule has 1 rings (SSSR count). The predicted octanol–water partition coefficient (Wildman–Crippen LogP) is 2.01. The van der Waals surface area contributed by atoms with Crippen LogP contribution in [0.2, 0.25) is 0 Å². The minimum absolute atomic E-state index is 0.0781. The zero-order valence-corrected chi connectivity index (χ0v) is 10.4. The molecule has 0 unspecified atom stereocenters. The number of hydrogen-bond donors (Lipinski definition) is 2. The van der Waals surface area contributed by atoms with E-state index in [-0.39, 0.29) is 12.5 Å². The van der Waals surface area contributed by atoms with Gasteiger partial charge in [-0.05, 0) is 41.9 Å². The summed E-state index contributed by atoms with van der Waals surface area (Å²) in [7, 11) is 0. The van der Waals surface area contributed by atoms with E-state index in [1.165, 1.54) is 11.3 Å². The van der Waals surface area contributed by atoms with Gasteiger partial charge in [0.15, 0.2) is 0 Å². The van der Waals surface area contributed by atoms with Gasteiger partial charge in [-0.15, -0.1) is 11.3 Å². The molecule has 0 aliphatic carbocycles. The van der Waals surface area contributed by atoms with Crippen molar-refractivity contribution in [3.8, 4) is 0 Å². The van der Waals surface area contributed by atoms with Crippen LogP contribution < -0.4 is 5.32 Å². The number of carbonyl (C=O) groups excluding carboxylic acids is 1. The molecule has 0 saturated heterocycles. The van der Waals surface area contributed by atoms with E-state index in [2.05, 4.69) is 21.2 Å². The Labute approximate surface area is 95.3 Å². The van der Waals surface area contributed by atoms with E-state index in [4.69, 9.17) is 5.11 Å². The number of hydrogen-bond acceptors (Lipinski definition) is 3. The highest BCUT2D eigenvalue weighted by atomic mass is 79.9. The highest BCUT2D eigenvalue weighted by Crippen LogP contribution is 2.22. The van der Waals surface area contributed by atoms with Gasteiger partial charge in [-0.2, -0.15) is 0 Å². The molecule has 1 heterocycles. The maximum atomic E-state index is 11.6. The minimum atomic E-state index is -0.576. The van der Waals surface area contributed by atoms with Crippen LogP contribution in [0.15, 0.2) is 15.9 Å². The van der Waals surface area contributed by atoms with E-state index < -0.39 is 5.54 Å². The molecule has 2 N–H and O–H groups in total. The van der Waals surface area contributed by atoms with Crippen LogP contribution in [-0.4, -0.2) is 23.2 Å². The molecule has 5 heteroatoms. The number of carbonyl (C=O) groups is 1. The normalized spacial score (nSPS) is 11.4. The van der Waals surface area contributed by atoms with Crippen molar-refractivity contribution in [2.75, 3.05) is 6.61 Å². The lowest BCUT2D eigenvalue weighted by atomic mass is 10.1. The number of nitrogens with one attached hydrogen (secondary N) is 1. The maximum absolute atomic E-state index is 11.6. The molecule has 0 fully saturated rings. The number of aliphatic hydroxyl groups excluding tert-OH is 1. The first-order valence-electron chi connectivity index (χ1n) is 4.13. The van der Waals surface area contributed by atoms with Crippen LogP contribution in [0.3, 0.4) is 0 Å². The summed E-state index contributed by atoms with van der Waals surface area (Å²) >= 11 is 4.66. The molecular formula is C9H12BrNO2S. The second-order valence-corrected chi connectivity index (χ2v) is 6.06. The largest absolute Gasteiger partial charge is 0.394 e. The van der Waals surface area contributed by atoms with Crippen molar-refractivity contribution in [2.24, 2.45) is 0 Å². The fraction of sp³-hybridized carbons (Fsp3) is 0.444. The molecule has 0 bridgehead atoms. The third kappa shape index (κ3) is 3.08. The number of rotatable bonds is 3. The van der Waals surface area contributed by atoms with Gasteiger partial charge in [0.2, 0.25) is 0 Å². The van der Waals surface area contributed by atoms with Crippen LogP contribution >= 0.6 is 27.3 Å². The number of halogens is 1. The van der Waals surface area contributed by atoms with Gasteiger partial charge >= 0.3 is 0 Å². The molecule has 3 nitrogen and oxygen atoms in total. The zero-order valence-electron chi connectivity index (χ0n) is 8.00. The van der Waals surface area contributed by atoms with Gasteiger partial charge in [-0.25, -0.2) is 0 Å². The summed E-state index contributed by atoms with van der Waals surface area (Å²) in [6.07, 6.45) is 0. The summed E-state index contributed by atoms with van der Waals surface area (Å²) in [5.41, 5.74) is -0.576. The first-order chi connectivity index (χ1) is 6.44.